The molecule has 5 heteroatoms. The Hall–Kier alpha value is -0.550. The van der Waals surface area contributed by atoms with E-state index in [-0.39, 0.29) is 5.75 Å². The SMILES string of the molecule is CCCCCCCCCC(=O)OC(=O)[C@@H](N)CS. The van der Waals surface area contributed by atoms with Crippen molar-refractivity contribution in [1.82, 2.24) is 0 Å². The zero-order valence-electron chi connectivity index (χ0n) is 11.2. The number of esters is 2. The second kappa shape index (κ2) is 11.5. The second-order valence-corrected chi connectivity index (χ2v) is 4.82. The van der Waals surface area contributed by atoms with Crippen LogP contribution in [0.4, 0.5) is 0 Å². The van der Waals surface area contributed by atoms with Crippen molar-refractivity contribution in [3.05, 3.63) is 0 Å². The van der Waals surface area contributed by atoms with E-state index in [1.807, 2.05) is 0 Å². The van der Waals surface area contributed by atoms with Crippen molar-refractivity contribution in [1.29, 1.82) is 0 Å². The number of ether oxygens (including phenoxy) is 1. The van der Waals surface area contributed by atoms with E-state index in [1.54, 1.807) is 0 Å². The quantitative estimate of drug-likeness (QED) is 0.278. The van der Waals surface area contributed by atoms with Crippen molar-refractivity contribution >= 4 is 24.6 Å². The Balaban J connectivity index is 3.45. The topological polar surface area (TPSA) is 69.4 Å². The minimum atomic E-state index is -0.814. The maximum Gasteiger partial charge on any atom is 0.331 e. The van der Waals surface area contributed by atoms with Gasteiger partial charge >= 0.3 is 11.9 Å². The summed E-state index contributed by atoms with van der Waals surface area (Å²) in [5.41, 5.74) is 5.38. The number of nitrogens with two attached hydrogens (primary N) is 1. The summed E-state index contributed by atoms with van der Waals surface area (Å²) in [5, 5.41) is 0. The molecule has 0 rings (SSSR count). The van der Waals surface area contributed by atoms with Crippen LogP contribution in [0.15, 0.2) is 0 Å². The smallest absolute Gasteiger partial charge is 0.331 e. The predicted octanol–water partition coefficient (Wildman–Crippen LogP) is 2.45. The van der Waals surface area contributed by atoms with Gasteiger partial charge in [-0.3, -0.25) is 4.79 Å². The molecule has 1 atom stereocenters. The first kappa shape index (κ1) is 17.4. The van der Waals surface area contributed by atoms with Gasteiger partial charge in [-0.15, -0.1) is 0 Å². The van der Waals surface area contributed by atoms with Crippen LogP contribution in [0.25, 0.3) is 0 Å². The highest BCUT2D eigenvalue weighted by Gasteiger charge is 2.16. The van der Waals surface area contributed by atoms with Gasteiger partial charge in [0.2, 0.25) is 0 Å². The molecule has 0 aliphatic rings. The fraction of sp³-hybridized carbons (Fsp3) is 0.846. The molecule has 0 saturated heterocycles. The molecular weight excluding hydrogens is 250 g/mol. The number of carbonyl (C=O) groups excluding carboxylic acids is 2. The number of carbonyl (C=O) groups is 2. The molecule has 4 nitrogen and oxygen atoms in total. The van der Waals surface area contributed by atoms with Gasteiger partial charge in [0.25, 0.3) is 0 Å². The molecular formula is C13H25NO3S. The average molecular weight is 275 g/mol. The third-order valence-corrected chi connectivity index (χ3v) is 3.09. The van der Waals surface area contributed by atoms with Crippen molar-refractivity contribution < 1.29 is 14.3 Å². The Kier molecular flexibility index (Phi) is 11.2. The van der Waals surface area contributed by atoms with E-state index in [1.165, 1.54) is 25.7 Å². The molecule has 0 aromatic heterocycles. The molecule has 2 N–H and O–H groups in total. The first-order valence-corrected chi connectivity index (χ1v) is 7.36. The summed E-state index contributed by atoms with van der Waals surface area (Å²) in [6.45, 7) is 2.18. The van der Waals surface area contributed by atoms with Gasteiger partial charge in [-0.25, -0.2) is 4.79 Å². The summed E-state index contributed by atoms with van der Waals surface area (Å²) < 4.78 is 4.60. The molecule has 0 aliphatic heterocycles. The summed E-state index contributed by atoms with van der Waals surface area (Å²) in [5.74, 6) is -0.979. The lowest BCUT2D eigenvalue weighted by atomic mass is 10.1. The average Bonchev–Trinajstić information content (AvgIpc) is 2.36. The van der Waals surface area contributed by atoms with E-state index >= 15 is 0 Å². The Morgan fingerprint density at radius 1 is 1.11 bits per heavy atom. The van der Waals surface area contributed by atoms with Crippen molar-refractivity contribution in [2.45, 2.75) is 64.3 Å². The van der Waals surface area contributed by atoms with Crippen LogP contribution in [-0.4, -0.2) is 23.7 Å². The largest absolute Gasteiger partial charge is 0.392 e. The van der Waals surface area contributed by atoms with Crippen LogP contribution in [0, 0.1) is 0 Å². The highest BCUT2D eigenvalue weighted by atomic mass is 32.1. The molecule has 0 aromatic carbocycles. The van der Waals surface area contributed by atoms with Crippen LogP contribution in [-0.2, 0) is 14.3 Å². The molecule has 0 unspecified atom stereocenters. The predicted molar refractivity (Wildman–Crippen MR) is 75.5 cm³/mol. The minimum Gasteiger partial charge on any atom is -0.392 e. The van der Waals surface area contributed by atoms with E-state index in [0.29, 0.717) is 6.42 Å². The molecule has 0 radical (unpaired) electrons. The fourth-order valence-corrected chi connectivity index (χ4v) is 1.69. The third-order valence-electron chi connectivity index (χ3n) is 2.70. The number of hydrogen-bond acceptors (Lipinski definition) is 5. The number of unbranched alkanes of at least 4 members (excludes halogenated alkanes) is 6. The summed E-state index contributed by atoms with van der Waals surface area (Å²) in [4.78, 5) is 22.5. The minimum absolute atomic E-state index is 0.184. The maximum absolute atomic E-state index is 11.3. The lowest BCUT2D eigenvalue weighted by molar-refractivity contribution is -0.160. The monoisotopic (exact) mass is 275 g/mol. The van der Waals surface area contributed by atoms with E-state index < -0.39 is 18.0 Å². The van der Waals surface area contributed by atoms with Gasteiger partial charge in [-0.1, -0.05) is 45.4 Å². The Morgan fingerprint density at radius 2 is 1.67 bits per heavy atom. The zero-order valence-corrected chi connectivity index (χ0v) is 12.1. The van der Waals surface area contributed by atoms with Crippen molar-refractivity contribution in [3.8, 4) is 0 Å². The van der Waals surface area contributed by atoms with Crippen LogP contribution in [0.1, 0.15) is 58.3 Å². The zero-order chi connectivity index (χ0) is 13.8. The lowest BCUT2D eigenvalue weighted by Crippen LogP contribution is -2.35. The van der Waals surface area contributed by atoms with E-state index in [2.05, 4.69) is 24.3 Å². The van der Waals surface area contributed by atoms with Crippen molar-refractivity contribution in [3.63, 3.8) is 0 Å². The molecule has 0 saturated carbocycles. The summed E-state index contributed by atoms with van der Waals surface area (Å²) in [7, 11) is 0. The van der Waals surface area contributed by atoms with Crippen LogP contribution < -0.4 is 5.73 Å². The molecule has 0 aromatic rings. The van der Waals surface area contributed by atoms with Gasteiger partial charge in [-0.2, -0.15) is 12.6 Å². The molecule has 0 spiro atoms. The van der Waals surface area contributed by atoms with Gasteiger partial charge in [0.1, 0.15) is 6.04 Å². The van der Waals surface area contributed by atoms with E-state index in [4.69, 9.17) is 5.73 Å². The van der Waals surface area contributed by atoms with Gasteiger partial charge in [-0.05, 0) is 6.42 Å². The Bertz CT molecular complexity index is 246. The van der Waals surface area contributed by atoms with Gasteiger partial charge in [0.15, 0.2) is 0 Å². The molecule has 0 amide bonds. The molecule has 106 valence electrons. The maximum atomic E-state index is 11.3. The first-order chi connectivity index (χ1) is 8.61. The van der Waals surface area contributed by atoms with Gasteiger partial charge < -0.3 is 10.5 Å². The molecule has 0 heterocycles. The molecule has 18 heavy (non-hydrogen) atoms. The normalized spacial score (nSPS) is 12.2. The summed E-state index contributed by atoms with van der Waals surface area (Å²) in [6, 6.07) is -0.814. The van der Waals surface area contributed by atoms with Crippen molar-refractivity contribution in [2.75, 3.05) is 5.75 Å². The molecule has 0 bridgehead atoms. The Morgan fingerprint density at radius 3 is 2.22 bits per heavy atom. The van der Waals surface area contributed by atoms with Crippen LogP contribution in [0.2, 0.25) is 0 Å². The number of hydrogen-bond donors (Lipinski definition) is 2. The third kappa shape index (κ3) is 9.48. The standard InChI is InChI=1S/C13H25NO3S/c1-2-3-4-5-6-7-8-9-12(15)17-13(16)11(14)10-18/h11,18H,2-10,14H2,1H3/t11-/m0/s1. The van der Waals surface area contributed by atoms with E-state index in [0.717, 1.165) is 19.3 Å². The van der Waals surface area contributed by atoms with E-state index in [9.17, 15) is 9.59 Å². The molecule has 0 aliphatic carbocycles. The van der Waals surface area contributed by atoms with Crippen molar-refractivity contribution in [2.24, 2.45) is 5.73 Å². The summed E-state index contributed by atoms with van der Waals surface area (Å²) >= 11 is 3.87. The number of rotatable bonds is 10. The fourth-order valence-electron chi connectivity index (χ4n) is 1.54. The Labute approximate surface area is 115 Å². The van der Waals surface area contributed by atoms with Gasteiger partial charge in [0.05, 0.1) is 0 Å². The van der Waals surface area contributed by atoms with Crippen LogP contribution in [0.5, 0.6) is 0 Å². The summed E-state index contributed by atoms with van der Waals surface area (Å²) in [6.07, 6.45) is 8.19. The van der Waals surface area contributed by atoms with Crippen LogP contribution in [0.3, 0.4) is 0 Å². The highest BCUT2D eigenvalue weighted by Crippen LogP contribution is 2.08. The lowest BCUT2D eigenvalue weighted by Gasteiger charge is -2.07. The highest BCUT2D eigenvalue weighted by molar-refractivity contribution is 7.80. The molecule has 0 fully saturated rings. The first-order valence-electron chi connectivity index (χ1n) is 6.72. The number of thiol groups is 1. The van der Waals surface area contributed by atoms with Crippen LogP contribution >= 0.6 is 12.6 Å². The van der Waals surface area contributed by atoms with Gasteiger partial charge in [0, 0.05) is 12.2 Å². The second-order valence-electron chi connectivity index (χ2n) is 4.45.